The fraction of sp³-hybridized carbons (Fsp3) is 0.190. The largest absolute Gasteiger partial charge is 0.396 e. The van der Waals surface area contributed by atoms with E-state index < -0.39 is 9.84 Å². The summed E-state index contributed by atoms with van der Waals surface area (Å²) in [4.78, 5) is 4.60. The molecule has 0 aliphatic heterocycles. The predicted octanol–water partition coefficient (Wildman–Crippen LogP) is 4.53. The first-order chi connectivity index (χ1) is 13.8. The number of nitrogen functional groups attached to an aromatic ring is 1. The van der Waals surface area contributed by atoms with Crippen molar-refractivity contribution in [3.05, 3.63) is 52.9 Å². The van der Waals surface area contributed by atoms with Crippen LogP contribution in [0.5, 0.6) is 0 Å². The number of hydrogen-bond donors (Lipinski definition) is 1. The Hall–Kier alpha value is -2.84. The highest BCUT2D eigenvalue weighted by Crippen LogP contribution is 2.37. The SMILES string of the molecule is CC(C)c1cc(-c2ccc(S(C)(=O)=O)cc2)cc2nnc(-c3cscn3)c(N)c12. The molecule has 0 saturated carbocycles. The zero-order valence-electron chi connectivity index (χ0n) is 16.2. The van der Waals surface area contributed by atoms with Crippen molar-refractivity contribution in [3.8, 4) is 22.5 Å². The van der Waals surface area contributed by atoms with Gasteiger partial charge in [0.1, 0.15) is 11.4 Å². The van der Waals surface area contributed by atoms with Crippen LogP contribution in [-0.4, -0.2) is 29.9 Å². The van der Waals surface area contributed by atoms with Gasteiger partial charge in [0, 0.05) is 17.0 Å². The topological polar surface area (TPSA) is 98.8 Å². The Labute approximate surface area is 173 Å². The van der Waals surface area contributed by atoms with Crippen LogP contribution < -0.4 is 5.73 Å². The molecule has 2 heterocycles. The summed E-state index contributed by atoms with van der Waals surface area (Å²) < 4.78 is 23.5. The fourth-order valence-corrected chi connectivity index (χ4v) is 4.50. The molecule has 29 heavy (non-hydrogen) atoms. The first kappa shape index (κ1) is 19.5. The number of benzene rings is 2. The van der Waals surface area contributed by atoms with Crippen molar-refractivity contribution in [1.82, 2.24) is 15.2 Å². The van der Waals surface area contributed by atoms with E-state index in [1.807, 2.05) is 23.6 Å². The first-order valence-corrected chi connectivity index (χ1v) is 11.9. The monoisotopic (exact) mass is 424 g/mol. The van der Waals surface area contributed by atoms with Crippen LogP contribution >= 0.6 is 11.3 Å². The summed E-state index contributed by atoms with van der Waals surface area (Å²) in [7, 11) is -3.23. The maximum Gasteiger partial charge on any atom is 0.175 e. The first-order valence-electron chi connectivity index (χ1n) is 9.04. The van der Waals surface area contributed by atoms with Crippen molar-refractivity contribution in [3.63, 3.8) is 0 Å². The molecule has 0 bridgehead atoms. The van der Waals surface area contributed by atoms with Gasteiger partial charge in [-0.2, -0.15) is 0 Å². The van der Waals surface area contributed by atoms with E-state index in [1.54, 1.807) is 17.6 Å². The Balaban J connectivity index is 1.91. The Kier molecular flexibility index (Phi) is 4.84. The molecule has 0 aliphatic carbocycles. The predicted molar refractivity (Wildman–Crippen MR) is 118 cm³/mol. The van der Waals surface area contributed by atoms with Crippen LogP contribution in [-0.2, 0) is 9.84 Å². The van der Waals surface area contributed by atoms with Gasteiger partial charge < -0.3 is 5.73 Å². The van der Waals surface area contributed by atoms with Gasteiger partial charge in [-0.1, -0.05) is 32.0 Å². The summed E-state index contributed by atoms with van der Waals surface area (Å²) >= 11 is 1.48. The number of nitrogens with zero attached hydrogens (tertiary/aromatic N) is 3. The van der Waals surface area contributed by atoms with E-state index in [1.165, 1.54) is 17.6 Å². The molecule has 0 spiro atoms. The maximum absolute atomic E-state index is 11.7. The molecule has 2 aromatic heterocycles. The van der Waals surface area contributed by atoms with Crippen molar-refractivity contribution >= 4 is 37.8 Å². The van der Waals surface area contributed by atoms with E-state index in [-0.39, 0.29) is 5.92 Å². The summed E-state index contributed by atoms with van der Waals surface area (Å²) in [5.41, 5.74) is 13.7. The number of aromatic nitrogens is 3. The van der Waals surface area contributed by atoms with E-state index in [4.69, 9.17) is 5.73 Å². The van der Waals surface area contributed by atoms with Crippen LogP contribution in [0.2, 0.25) is 0 Å². The lowest BCUT2D eigenvalue weighted by atomic mass is 9.92. The minimum Gasteiger partial charge on any atom is -0.396 e. The molecule has 0 amide bonds. The molecule has 6 nitrogen and oxygen atoms in total. The molecule has 0 fully saturated rings. The Morgan fingerprint density at radius 1 is 1.03 bits per heavy atom. The molecule has 4 rings (SSSR count). The highest BCUT2D eigenvalue weighted by atomic mass is 32.2. The number of thiazole rings is 1. The number of fused-ring (bicyclic) bond motifs is 1. The Morgan fingerprint density at radius 3 is 2.34 bits per heavy atom. The van der Waals surface area contributed by atoms with Crippen molar-refractivity contribution in [2.75, 3.05) is 12.0 Å². The van der Waals surface area contributed by atoms with E-state index >= 15 is 0 Å². The van der Waals surface area contributed by atoms with E-state index in [9.17, 15) is 8.42 Å². The highest BCUT2D eigenvalue weighted by molar-refractivity contribution is 7.90. The minimum absolute atomic E-state index is 0.211. The zero-order chi connectivity index (χ0) is 20.8. The molecule has 0 radical (unpaired) electrons. The minimum atomic E-state index is -3.23. The Morgan fingerprint density at radius 2 is 1.76 bits per heavy atom. The van der Waals surface area contributed by atoms with E-state index in [0.717, 1.165) is 27.8 Å². The number of rotatable bonds is 4. The molecule has 0 unspecified atom stereocenters. The lowest BCUT2D eigenvalue weighted by Crippen LogP contribution is -2.02. The molecule has 0 aliphatic rings. The average molecular weight is 425 g/mol. The molecule has 4 aromatic rings. The second kappa shape index (κ2) is 7.20. The Bertz CT molecular complexity index is 1300. The highest BCUT2D eigenvalue weighted by Gasteiger charge is 2.18. The van der Waals surface area contributed by atoms with Crippen molar-refractivity contribution in [2.24, 2.45) is 0 Å². The lowest BCUT2D eigenvalue weighted by Gasteiger charge is -2.15. The molecular formula is C21H20N4O2S2. The standard InChI is InChI=1S/C21H20N4O2S2/c1-12(2)16-8-14(13-4-6-15(7-5-13)29(3,26)27)9-17-19(16)20(22)21(25-24-17)18-10-28-11-23-18/h4-12H,1-3H3,(H2,22,24). The summed E-state index contributed by atoms with van der Waals surface area (Å²) in [6.45, 7) is 4.21. The average Bonchev–Trinajstić information content (AvgIpc) is 3.21. The molecule has 2 N–H and O–H groups in total. The maximum atomic E-state index is 11.7. The third kappa shape index (κ3) is 3.61. The van der Waals surface area contributed by atoms with Crippen LogP contribution in [0.1, 0.15) is 25.3 Å². The van der Waals surface area contributed by atoms with Gasteiger partial charge >= 0.3 is 0 Å². The van der Waals surface area contributed by atoms with Crippen molar-refractivity contribution in [1.29, 1.82) is 0 Å². The molecular weight excluding hydrogens is 404 g/mol. The van der Waals surface area contributed by atoms with Gasteiger partial charge in [-0.3, -0.25) is 0 Å². The third-order valence-corrected chi connectivity index (χ3v) is 6.56. The van der Waals surface area contributed by atoms with Crippen molar-refractivity contribution in [2.45, 2.75) is 24.7 Å². The van der Waals surface area contributed by atoms with E-state index in [0.29, 0.717) is 21.8 Å². The summed E-state index contributed by atoms with van der Waals surface area (Å²) in [6, 6.07) is 10.9. The summed E-state index contributed by atoms with van der Waals surface area (Å²) in [6.07, 6.45) is 1.20. The zero-order valence-corrected chi connectivity index (χ0v) is 17.9. The van der Waals surface area contributed by atoms with Crippen molar-refractivity contribution < 1.29 is 8.42 Å². The molecule has 0 saturated heterocycles. The van der Waals surface area contributed by atoms with E-state index in [2.05, 4.69) is 35.1 Å². The molecule has 2 aromatic carbocycles. The van der Waals surface area contributed by atoms with Gasteiger partial charge in [-0.05, 0) is 40.8 Å². The van der Waals surface area contributed by atoms with Gasteiger partial charge in [0.05, 0.1) is 21.6 Å². The van der Waals surface area contributed by atoms with Gasteiger partial charge in [-0.25, -0.2) is 13.4 Å². The molecule has 148 valence electrons. The number of sulfone groups is 1. The van der Waals surface area contributed by atoms with Crippen LogP contribution in [0.25, 0.3) is 33.4 Å². The summed E-state index contributed by atoms with van der Waals surface area (Å²) in [5.74, 6) is 0.211. The molecule has 8 heteroatoms. The van der Waals surface area contributed by atoms with Crippen LogP contribution in [0.4, 0.5) is 5.69 Å². The quantitative estimate of drug-likeness (QED) is 0.517. The number of anilines is 1. The normalized spacial score (nSPS) is 12.0. The van der Waals surface area contributed by atoms with Crippen LogP contribution in [0, 0.1) is 0 Å². The second-order valence-electron chi connectivity index (χ2n) is 7.25. The lowest BCUT2D eigenvalue weighted by molar-refractivity contribution is 0.602. The van der Waals surface area contributed by atoms with Gasteiger partial charge in [0.15, 0.2) is 9.84 Å². The second-order valence-corrected chi connectivity index (χ2v) is 9.98. The van der Waals surface area contributed by atoms with Crippen LogP contribution in [0.15, 0.2) is 52.2 Å². The van der Waals surface area contributed by atoms with Gasteiger partial charge in [-0.15, -0.1) is 21.5 Å². The fourth-order valence-electron chi connectivity index (χ4n) is 3.33. The molecule has 0 atom stereocenters. The third-order valence-electron chi connectivity index (χ3n) is 4.84. The van der Waals surface area contributed by atoms with Gasteiger partial charge in [0.2, 0.25) is 0 Å². The van der Waals surface area contributed by atoms with Crippen LogP contribution in [0.3, 0.4) is 0 Å². The number of hydrogen-bond acceptors (Lipinski definition) is 7. The summed E-state index contributed by atoms with van der Waals surface area (Å²) in [5, 5.41) is 11.5. The number of nitrogens with two attached hydrogens (primary N) is 1. The smallest absolute Gasteiger partial charge is 0.175 e. The van der Waals surface area contributed by atoms with Gasteiger partial charge in [0.25, 0.3) is 0 Å².